The number of ether oxygens (including phenoxy) is 1. The summed E-state index contributed by atoms with van der Waals surface area (Å²) in [7, 11) is 0. The molecule has 2 aromatic rings. The van der Waals surface area contributed by atoms with Gasteiger partial charge in [0.25, 0.3) is 5.19 Å². The molecule has 0 aliphatic heterocycles. The van der Waals surface area contributed by atoms with E-state index in [0.717, 1.165) is 5.56 Å². The molecule has 0 saturated heterocycles. The van der Waals surface area contributed by atoms with Gasteiger partial charge in [-0.3, -0.25) is 4.79 Å². The standard InChI is InChI=1S/C12H11NO3S/c1-8(11(14)15)9-2-4-10(5-3-9)16-12-13-6-7-17-12/h2-8H,1H3,(H,14,15)/t8-/m0/s1. The van der Waals surface area contributed by atoms with E-state index in [0.29, 0.717) is 10.9 Å². The molecule has 0 amide bonds. The lowest BCUT2D eigenvalue weighted by Gasteiger charge is -2.07. The summed E-state index contributed by atoms with van der Waals surface area (Å²) in [5, 5.41) is 11.3. The molecule has 5 heteroatoms. The first-order valence-corrected chi connectivity index (χ1v) is 5.95. The second kappa shape index (κ2) is 4.97. The van der Waals surface area contributed by atoms with Gasteiger partial charge in [-0.15, -0.1) is 0 Å². The van der Waals surface area contributed by atoms with Crippen molar-refractivity contribution in [3.63, 3.8) is 0 Å². The molecule has 1 aromatic carbocycles. The predicted molar refractivity (Wildman–Crippen MR) is 64.7 cm³/mol. The van der Waals surface area contributed by atoms with Crippen LogP contribution in [0.5, 0.6) is 10.9 Å². The summed E-state index contributed by atoms with van der Waals surface area (Å²) in [5.41, 5.74) is 0.754. The lowest BCUT2D eigenvalue weighted by molar-refractivity contribution is -0.138. The predicted octanol–water partition coefficient (Wildman–Crippen LogP) is 3.12. The van der Waals surface area contributed by atoms with E-state index in [2.05, 4.69) is 4.98 Å². The first-order valence-electron chi connectivity index (χ1n) is 5.07. The molecule has 1 N–H and O–H groups in total. The summed E-state index contributed by atoms with van der Waals surface area (Å²) in [4.78, 5) is 14.8. The van der Waals surface area contributed by atoms with Crippen LogP contribution < -0.4 is 4.74 Å². The van der Waals surface area contributed by atoms with Gasteiger partial charge in [0, 0.05) is 11.6 Å². The Hall–Kier alpha value is -1.88. The molecule has 1 heterocycles. The molecule has 17 heavy (non-hydrogen) atoms. The minimum absolute atomic E-state index is 0.510. The number of nitrogens with zero attached hydrogens (tertiary/aromatic N) is 1. The van der Waals surface area contributed by atoms with Crippen molar-refractivity contribution in [2.24, 2.45) is 0 Å². The SMILES string of the molecule is C[C@H](C(=O)O)c1ccc(Oc2nccs2)cc1. The van der Waals surface area contributed by atoms with Crippen LogP contribution in [0, 0.1) is 0 Å². The first kappa shape index (κ1) is 11.6. The average molecular weight is 249 g/mol. The highest BCUT2D eigenvalue weighted by Gasteiger charge is 2.13. The van der Waals surface area contributed by atoms with Crippen molar-refractivity contribution in [3.8, 4) is 10.9 Å². The molecular weight excluding hydrogens is 238 g/mol. The van der Waals surface area contributed by atoms with Crippen molar-refractivity contribution >= 4 is 17.3 Å². The number of carbonyl (C=O) groups is 1. The summed E-state index contributed by atoms with van der Waals surface area (Å²) in [6.07, 6.45) is 1.67. The highest BCUT2D eigenvalue weighted by Crippen LogP contribution is 2.25. The Labute approximate surface area is 103 Å². The van der Waals surface area contributed by atoms with Gasteiger partial charge < -0.3 is 9.84 Å². The van der Waals surface area contributed by atoms with E-state index in [-0.39, 0.29) is 0 Å². The van der Waals surface area contributed by atoms with Crippen LogP contribution in [-0.4, -0.2) is 16.1 Å². The number of carboxylic acid groups (broad SMARTS) is 1. The average Bonchev–Trinajstić information content (AvgIpc) is 2.82. The lowest BCUT2D eigenvalue weighted by Crippen LogP contribution is -2.06. The largest absolute Gasteiger partial charge is 0.481 e. The number of benzene rings is 1. The maximum atomic E-state index is 10.8. The number of rotatable bonds is 4. The number of hydrogen-bond acceptors (Lipinski definition) is 4. The maximum absolute atomic E-state index is 10.8. The molecule has 0 aliphatic rings. The fourth-order valence-corrected chi connectivity index (χ4v) is 1.83. The van der Waals surface area contributed by atoms with Crippen LogP contribution in [0.25, 0.3) is 0 Å². The van der Waals surface area contributed by atoms with Crippen LogP contribution in [-0.2, 0) is 4.79 Å². The van der Waals surface area contributed by atoms with Crippen LogP contribution in [0.15, 0.2) is 35.8 Å². The lowest BCUT2D eigenvalue weighted by atomic mass is 10.0. The van der Waals surface area contributed by atoms with E-state index in [1.165, 1.54) is 11.3 Å². The third-order valence-electron chi connectivity index (χ3n) is 2.37. The Kier molecular flexibility index (Phi) is 3.39. The Bertz CT molecular complexity index is 493. The zero-order valence-electron chi connectivity index (χ0n) is 9.16. The second-order valence-electron chi connectivity index (χ2n) is 3.53. The van der Waals surface area contributed by atoms with E-state index >= 15 is 0 Å². The van der Waals surface area contributed by atoms with Gasteiger partial charge in [-0.25, -0.2) is 4.98 Å². The minimum Gasteiger partial charge on any atom is -0.481 e. The van der Waals surface area contributed by atoms with Crippen LogP contribution in [0.4, 0.5) is 0 Å². The molecule has 0 unspecified atom stereocenters. The number of carboxylic acids is 1. The number of aliphatic carboxylic acids is 1. The molecule has 0 saturated carbocycles. The summed E-state index contributed by atoms with van der Waals surface area (Å²) in [6, 6.07) is 7.00. The highest BCUT2D eigenvalue weighted by molar-refractivity contribution is 7.11. The summed E-state index contributed by atoms with van der Waals surface area (Å²) < 4.78 is 5.47. The van der Waals surface area contributed by atoms with E-state index in [1.54, 1.807) is 37.4 Å². The monoisotopic (exact) mass is 249 g/mol. The van der Waals surface area contributed by atoms with Gasteiger partial charge in [0.05, 0.1) is 5.92 Å². The van der Waals surface area contributed by atoms with Gasteiger partial charge in [-0.1, -0.05) is 23.5 Å². The van der Waals surface area contributed by atoms with Gasteiger partial charge in [-0.05, 0) is 24.6 Å². The van der Waals surface area contributed by atoms with Gasteiger partial charge in [0.1, 0.15) is 5.75 Å². The first-order chi connectivity index (χ1) is 8.16. The van der Waals surface area contributed by atoms with Gasteiger partial charge >= 0.3 is 5.97 Å². The van der Waals surface area contributed by atoms with Crippen molar-refractivity contribution in [2.45, 2.75) is 12.8 Å². The topological polar surface area (TPSA) is 59.4 Å². The Balaban J connectivity index is 2.10. The summed E-state index contributed by atoms with van der Waals surface area (Å²) in [5.74, 6) is -0.691. The molecule has 0 spiro atoms. The summed E-state index contributed by atoms with van der Waals surface area (Å²) in [6.45, 7) is 1.65. The van der Waals surface area contributed by atoms with Crippen LogP contribution >= 0.6 is 11.3 Å². The van der Waals surface area contributed by atoms with Crippen LogP contribution in [0.2, 0.25) is 0 Å². The molecule has 0 bridgehead atoms. The quantitative estimate of drug-likeness (QED) is 0.904. The highest BCUT2D eigenvalue weighted by atomic mass is 32.1. The smallest absolute Gasteiger partial charge is 0.310 e. The molecule has 0 aliphatic carbocycles. The number of thiazole rings is 1. The third-order valence-corrected chi connectivity index (χ3v) is 3.01. The van der Waals surface area contributed by atoms with E-state index in [9.17, 15) is 4.79 Å². The Morgan fingerprint density at radius 1 is 1.41 bits per heavy atom. The van der Waals surface area contributed by atoms with Crippen molar-refractivity contribution in [1.29, 1.82) is 0 Å². The Morgan fingerprint density at radius 3 is 2.65 bits per heavy atom. The number of hydrogen-bond donors (Lipinski definition) is 1. The molecule has 2 rings (SSSR count). The fourth-order valence-electron chi connectivity index (χ4n) is 1.33. The molecule has 4 nitrogen and oxygen atoms in total. The fraction of sp³-hybridized carbons (Fsp3) is 0.167. The van der Waals surface area contributed by atoms with Gasteiger partial charge in [0.2, 0.25) is 0 Å². The van der Waals surface area contributed by atoms with Crippen molar-refractivity contribution < 1.29 is 14.6 Å². The van der Waals surface area contributed by atoms with E-state index in [1.807, 2.05) is 5.38 Å². The molecule has 0 fully saturated rings. The number of aromatic nitrogens is 1. The third kappa shape index (κ3) is 2.82. The van der Waals surface area contributed by atoms with E-state index < -0.39 is 11.9 Å². The molecule has 0 radical (unpaired) electrons. The van der Waals surface area contributed by atoms with Crippen LogP contribution in [0.1, 0.15) is 18.4 Å². The van der Waals surface area contributed by atoms with E-state index in [4.69, 9.17) is 9.84 Å². The zero-order valence-corrected chi connectivity index (χ0v) is 9.98. The molecule has 1 atom stereocenters. The minimum atomic E-state index is -0.835. The van der Waals surface area contributed by atoms with Crippen molar-refractivity contribution in [1.82, 2.24) is 4.98 Å². The Morgan fingerprint density at radius 2 is 2.12 bits per heavy atom. The second-order valence-corrected chi connectivity index (χ2v) is 4.39. The van der Waals surface area contributed by atoms with Crippen molar-refractivity contribution in [3.05, 3.63) is 41.4 Å². The van der Waals surface area contributed by atoms with Crippen LogP contribution in [0.3, 0.4) is 0 Å². The molecule has 1 aromatic heterocycles. The summed E-state index contributed by atoms with van der Waals surface area (Å²) >= 11 is 1.41. The van der Waals surface area contributed by atoms with Gasteiger partial charge in [0.15, 0.2) is 0 Å². The van der Waals surface area contributed by atoms with Crippen molar-refractivity contribution in [2.75, 3.05) is 0 Å². The maximum Gasteiger partial charge on any atom is 0.310 e. The normalized spacial score (nSPS) is 12.1. The molecular formula is C12H11NO3S. The zero-order chi connectivity index (χ0) is 12.3. The van der Waals surface area contributed by atoms with Gasteiger partial charge in [-0.2, -0.15) is 0 Å². The molecule has 88 valence electrons.